The molecule has 0 bridgehead atoms. The van der Waals surface area contributed by atoms with Crippen molar-refractivity contribution < 1.29 is 13.9 Å². The summed E-state index contributed by atoms with van der Waals surface area (Å²) < 4.78 is 25.9. The van der Waals surface area contributed by atoms with Gasteiger partial charge in [-0.25, -0.2) is 4.39 Å². The molecule has 134 valence electrons. The summed E-state index contributed by atoms with van der Waals surface area (Å²) in [6.45, 7) is 5.63. The summed E-state index contributed by atoms with van der Waals surface area (Å²) in [5, 5.41) is 0.0471. The predicted octanol–water partition coefficient (Wildman–Crippen LogP) is 4.86. The van der Waals surface area contributed by atoms with Gasteiger partial charge in [0.1, 0.15) is 12.3 Å². The average molecular weight is 360 g/mol. The number of alkyl halides is 1. The summed E-state index contributed by atoms with van der Waals surface area (Å²) in [5.41, 5.74) is 4.67. The molecule has 0 aromatic heterocycles. The van der Waals surface area contributed by atoms with Crippen LogP contribution in [0.4, 0.5) is 4.39 Å². The summed E-state index contributed by atoms with van der Waals surface area (Å²) in [6, 6.07) is 16.5. The van der Waals surface area contributed by atoms with Crippen molar-refractivity contribution in [3.05, 3.63) is 70.8 Å². The monoisotopic (exact) mass is 360 g/mol. The normalized spacial score (nSPS) is 23.1. The van der Waals surface area contributed by atoms with E-state index in [0.717, 1.165) is 11.1 Å². The molecule has 1 saturated heterocycles. The molecule has 3 atom stereocenters. The molecule has 0 radical (unpaired) electrons. The molecule has 2 nitrogen and oxygen atoms in total. The van der Waals surface area contributed by atoms with Crippen LogP contribution in [0.1, 0.15) is 22.3 Å². The minimum Gasteiger partial charge on any atom is -0.376 e. The van der Waals surface area contributed by atoms with Gasteiger partial charge in [-0.05, 0) is 25.0 Å². The average Bonchev–Trinajstić information content (AvgIpc) is 2.96. The van der Waals surface area contributed by atoms with E-state index in [1.54, 1.807) is 11.8 Å². The highest BCUT2D eigenvalue weighted by Gasteiger charge is 2.38. The Labute approximate surface area is 153 Å². The SMILES string of the molecule is Cc1ccc(COC[C@H]2SC[C@@H](F)[C@@H]2OCc2ccc(C)cc2)cc1. The number of rotatable bonds is 7. The van der Waals surface area contributed by atoms with Crippen LogP contribution in [0.5, 0.6) is 0 Å². The molecule has 0 unspecified atom stereocenters. The summed E-state index contributed by atoms with van der Waals surface area (Å²) in [5.74, 6) is 0.483. The molecule has 0 amide bonds. The fourth-order valence-electron chi connectivity index (χ4n) is 2.85. The molecular formula is C21H25FO2S. The van der Waals surface area contributed by atoms with Crippen molar-refractivity contribution in [2.24, 2.45) is 0 Å². The number of hydrogen-bond acceptors (Lipinski definition) is 3. The molecule has 3 rings (SSSR count). The quantitative estimate of drug-likeness (QED) is 0.703. The largest absolute Gasteiger partial charge is 0.376 e. The third-order valence-corrected chi connectivity index (χ3v) is 5.77. The van der Waals surface area contributed by atoms with Crippen LogP contribution in [0.2, 0.25) is 0 Å². The Hall–Kier alpha value is -1.36. The van der Waals surface area contributed by atoms with E-state index in [2.05, 4.69) is 50.2 Å². The first-order chi connectivity index (χ1) is 12.1. The first-order valence-electron chi connectivity index (χ1n) is 8.68. The van der Waals surface area contributed by atoms with Gasteiger partial charge in [0.25, 0.3) is 0 Å². The molecule has 0 aliphatic carbocycles. The zero-order valence-electron chi connectivity index (χ0n) is 14.8. The predicted molar refractivity (Wildman–Crippen MR) is 102 cm³/mol. The van der Waals surface area contributed by atoms with Gasteiger partial charge in [0, 0.05) is 5.75 Å². The van der Waals surface area contributed by atoms with E-state index in [4.69, 9.17) is 9.47 Å². The Bertz CT molecular complexity index is 657. The van der Waals surface area contributed by atoms with Crippen LogP contribution < -0.4 is 0 Å². The van der Waals surface area contributed by atoms with Gasteiger partial charge in [0.05, 0.1) is 25.1 Å². The lowest BCUT2D eigenvalue weighted by Gasteiger charge is -2.21. The van der Waals surface area contributed by atoms with E-state index in [1.165, 1.54) is 11.1 Å². The summed E-state index contributed by atoms with van der Waals surface area (Å²) in [4.78, 5) is 0. The molecule has 1 fully saturated rings. The van der Waals surface area contributed by atoms with E-state index in [0.29, 0.717) is 25.6 Å². The highest BCUT2D eigenvalue weighted by atomic mass is 32.2. The van der Waals surface area contributed by atoms with E-state index in [-0.39, 0.29) is 5.25 Å². The highest BCUT2D eigenvalue weighted by molar-refractivity contribution is 8.00. The molecule has 2 aromatic rings. The first-order valence-corrected chi connectivity index (χ1v) is 9.73. The Balaban J connectivity index is 1.48. The highest BCUT2D eigenvalue weighted by Crippen LogP contribution is 2.32. The standard InChI is InChI=1S/C21H25FO2S/c1-15-3-7-17(8-4-15)11-23-13-20-21(19(22)14-25-20)24-12-18-9-5-16(2)6-10-18/h3-10,19-21H,11-14H2,1-2H3/t19-,20-,21+/m1/s1. The van der Waals surface area contributed by atoms with Crippen molar-refractivity contribution in [2.75, 3.05) is 12.4 Å². The number of aryl methyl sites for hydroxylation is 2. The molecule has 1 aliphatic rings. The number of halogens is 1. The van der Waals surface area contributed by atoms with Crippen LogP contribution >= 0.6 is 11.8 Å². The Morgan fingerprint density at radius 1 is 0.920 bits per heavy atom. The van der Waals surface area contributed by atoms with Crippen LogP contribution in [-0.2, 0) is 22.7 Å². The summed E-state index contributed by atoms with van der Waals surface area (Å²) in [7, 11) is 0. The van der Waals surface area contributed by atoms with E-state index >= 15 is 0 Å². The molecule has 1 heterocycles. The Kier molecular flexibility index (Phi) is 6.51. The lowest BCUT2D eigenvalue weighted by molar-refractivity contribution is -0.0168. The molecule has 0 N–H and O–H groups in total. The van der Waals surface area contributed by atoms with Crippen LogP contribution in [0.15, 0.2) is 48.5 Å². The minimum atomic E-state index is -0.927. The van der Waals surface area contributed by atoms with Crippen LogP contribution in [-0.4, -0.2) is 29.9 Å². The fraction of sp³-hybridized carbons (Fsp3) is 0.429. The van der Waals surface area contributed by atoms with Gasteiger partial charge in [-0.3, -0.25) is 0 Å². The number of thioether (sulfide) groups is 1. The molecular weight excluding hydrogens is 335 g/mol. The lowest BCUT2D eigenvalue weighted by Crippen LogP contribution is -2.32. The molecule has 25 heavy (non-hydrogen) atoms. The van der Waals surface area contributed by atoms with Gasteiger partial charge in [-0.2, -0.15) is 11.8 Å². The maximum absolute atomic E-state index is 14.2. The Morgan fingerprint density at radius 3 is 2.08 bits per heavy atom. The third-order valence-electron chi connectivity index (χ3n) is 4.43. The smallest absolute Gasteiger partial charge is 0.136 e. The maximum atomic E-state index is 14.2. The third kappa shape index (κ3) is 5.30. The second-order valence-electron chi connectivity index (χ2n) is 6.65. The maximum Gasteiger partial charge on any atom is 0.136 e. The lowest BCUT2D eigenvalue weighted by atomic mass is 10.1. The van der Waals surface area contributed by atoms with Crippen molar-refractivity contribution >= 4 is 11.8 Å². The van der Waals surface area contributed by atoms with Crippen molar-refractivity contribution in [3.63, 3.8) is 0 Å². The zero-order chi connectivity index (χ0) is 17.6. The van der Waals surface area contributed by atoms with Gasteiger partial charge in [0.2, 0.25) is 0 Å². The minimum absolute atomic E-state index is 0.0471. The van der Waals surface area contributed by atoms with E-state index in [9.17, 15) is 4.39 Å². The topological polar surface area (TPSA) is 18.5 Å². The van der Waals surface area contributed by atoms with Crippen LogP contribution in [0.25, 0.3) is 0 Å². The zero-order valence-corrected chi connectivity index (χ0v) is 15.6. The van der Waals surface area contributed by atoms with Crippen molar-refractivity contribution in [1.29, 1.82) is 0 Å². The molecule has 2 aromatic carbocycles. The van der Waals surface area contributed by atoms with Crippen molar-refractivity contribution in [1.82, 2.24) is 0 Å². The van der Waals surface area contributed by atoms with Crippen molar-refractivity contribution in [3.8, 4) is 0 Å². The Morgan fingerprint density at radius 2 is 1.48 bits per heavy atom. The van der Waals surface area contributed by atoms with E-state index < -0.39 is 12.3 Å². The van der Waals surface area contributed by atoms with Gasteiger partial charge in [0.15, 0.2) is 0 Å². The number of ether oxygens (including phenoxy) is 2. The van der Waals surface area contributed by atoms with Gasteiger partial charge in [-0.15, -0.1) is 0 Å². The van der Waals surface area contributed by atoms with Crippen LogP contribution in [0.3, 0.4) is 0 Å². The first kappa shape index (κ1) is 18.4. The number of hydrogen-bond donors (Lipinski definition) is 0. The van der Waals surface area contributed by atoms with Gasteiger partial charge >= 0.3 is 0 Å². The fourth-order valence-corrected chi connectivity index (χ4v) is 4.10. The summed E-state index contributed by atoms with van der Waals surface area (Å²) >= 11 is 1.61. The van der Waals surface area contributed by atoms with Gasteiger partial charge in [-0.1, -0.05) is 59.7 Å². The van der Waals surface area contributed by atoms with E-state index in [1.807, 2.05) is 12.1 Å². The summed E-state index contributed by atoms with van der Waals surface area (Å²) in [6.07, 6.45) is -1.33. The van der Waals surface area contributed by atoms with Crippen LogP contribution in [0, 0.1) is 13.8 Å². The van der Waals surface area contributed by atoms with Gasteiger partial charge < -0.3 is 9.47 Å². The molecule has 0 saturated carbocycles. The van der Waals surface area contributed by atoms with Crippen molar-refractivity contribution in [2.45, 2.75) is 44.6 Å². The number of benzene rings is 2. The second-order valence-corrected chi connectivity index (χ2v) is 7.92. The molecule has 0 spiro atoms. The second kappa shape index (κ2) is 8.84. The molecule has 1 aliphatic heterocycles. The molecule has 4 heteroatoms.